The van der Waals surface area contributed by atoms with Gasteiger partial charge in [-0.1, -0.05) is 46.0 Å². The third kappa shape index (κ3) is 8.61. The van der Waals surface area contributed by atoms with E-state index in [9.17, 15) is 0 Å². The van der Waals surface area contributed by atoms with Crippen molar-refractivity contribution in [2.24, 2.45) is 0 Å². The molecule has 1 atom stereocenters. The molecule has 2 nitrogen and oxygen atoms in total. The molecule has 19 heavy (non-hydrogen) atoms. The van der Waals surface area contributed by atoms with E-state index < -0.39 is 0 Å². The summed E-state index contributed by atoms with van der Waals surface area (Å²) in [4.78, 5) is 1.61. The highest BCUT2D eigenvalue weighted by atomic mass is 15.1. The van der Waals surface area contributed by atoms with Gasteiger partial charge in [0, 0.05) is 12.5 Å². The highest BCUT2D eigenvalue weighted by molar-refractivity contribution is 5.10. The average molecular weight is 262 g/mol. The van der Waals surface area contributed by atoms with Crippen LogP contribution in [0.1, 0.15) is 71.6 Å². The SMILES string of the molecule is CCCCCCCCC[NH+]1C=CC=C1CCC.[C-]#N. The van der Waals surface area contributed by atoms with Crippen LogP contribution in [0.3, 0.4) is 0 Å². The summed E-state index contributed by atoms with van der Waals surface area (Å²) in [7, 11) is 0. The van der Waals surface area contributed by atoms with Crippen LogP contribution >= 0.6 is 0 Å². The van der Waals surface area contributed by atoms with E-state index in [1.165, 1.54) is 64.3 Å². The van der Waals surface area contributed by atoms with Crippen LogP contribution < -0.4 is 4.90 Å². The minimum atomic E-state index is 1.26. The third-order valence-electron chi connectivity index (χ3n) is 3.58. The van der Waals surface area contributed by atoms with Gasteiger partial charge < -0.3 is 11.8 Å². The molecule has 1 heterocycles. The summed E-state index contributed by atoms with van der Waals surface area (Å²) in [5, 5.41) is 6.25. The zero-order valence-electron chi connectivity index (χ0n) is 12.8. The molecule has 0 saturated heterocycles. The van der Waals surface area contributed by atoms with E-state index >= 15 is 0 Å². The predicted molar refractivity (Wildman–Crippen MR) is 80.9 cm³/mol. The molecular formula is C17H30N2. The van der Waals surface area contributed by atoms with Gasteiger partial charge in [0.2, 0.25) is 0 Å². The molecule has 1 aliphatic heterocycles. The lowest BCUT2D eigenvalue weighted by Crippen LogP contribution is -3.04. The number of nitrogens with zero attached hydrogens (tertiary/aromatic N) is 1. The van der Waals surface area contributed by atoms with Gasteiger partial charge in [0.25, 0.3) is 0 Å². The number of hydrogen-bond acceptors (Lipinski definition) is 1. The van der Waals surface area contributed by atoms with Gasteiger partial charge >= 0.3 is 0 Å². The Morgan fingerprint density at radius 1 is 0.947 bits per heavy atom. The number of quaternary nitrogens is 1. The Labute approximate surface area is 119 Å². The summed E-state index contributed by atoms with van der Waals surface area (Å²) in [5.74, 6) is 0. The average Bonchev–Trinajstić information content (AvgIpc) is 2.88. The van der Waals surface area contributed by atoms with Crippen molar-refractivity contribution in [1.82, 2.24) is 0 Å². The fourth-order valence-corrected chi connectivity index (χ4v) is 2.52. The number of rotatable bonds is 10. The zero-order chi connectivity index (χ0) is 14.3. The molecule has 0 radical (unpaired) electrons. The van der Waals surface area contributed by atoms with Crippen molar-refractivity contribution in [3.8, 4) is 0 Å². The van der Waals surface area contributed by atoms with E-state index in [0.29, 0.717) is 0 Å². The highest BCUT2D eigenvalue weighted by Gasteiger charge is 2.14. The summed E-state index contributed by atoms with van der Waals surface area (Å²) in [6, 6.07) is 0. The van der Waals surface area contributed by atoms with E-state index in [4.69, 9.17) is 11.8 Å². The summed E-state index contributed by atoms with van der Waals surface area (Å²) in [6.45, 7) is 10.6. The number of hydrogen-bond donors (Lipinski definition) is 1. The molecule has 0 fully saturated rings. The number of nitrogens with one attached hydrogen (secondary N) is 1. The first-order chi connectivity index (χ1) is 9.38. The van der Waals surface area contributed by atoms with Crippen LogP contribution in [0.2, 0.25) is 0 Å². The number of allylic oxidation sites excluding steroid dienone is 3. The summed E-state index contributed by atoms with van der Waals surface area (Å²) < 4.78 is 0. The van der Waals surface area contributed by atoms with E-state index in [2.05, 4.69) is 32.2 Å². The van der Waals surface area contributed by atoms with Crippen molar-refractivity contribution in [3.63, 3.8) is 0 Å². The van der Waals surface area contributed by atoms with E-state index in [-0.39, 0.29) is 0 Å². The molecule has 0 amide bonds. The molecule has 1 aliphatic rings. The van der Waals surface area contributed by atoms with Crippen LogP contribution in [0, 0.1) is 11.8 Å². The Balaban J connectivity index is 0.00000154. The maximum Gasteiger partial charge on any atom is 0.112 e. The molecule has 0 saturated carbocycles. The van der Waals surface area contributed by atoms with E-state index in [0.717, 1.165) is 0 Å². The molecule has 108 valence electrons. The summed E-state index contributed by atoms with van der Waals surface area (Å²) in [6.07, 6.45) is 19.3. The Kier molecular flexibility index (Phi) is 12.6. The minimum absolute atomic E-state index is 1.26. The van der Waals surface area contributed by atoms with Gasteiger partial charge in [-0.3, -0.25) is 4.90 Å². The van der Waals surface area contributed by atoms with Crippen molar-refractivity contribution < 1.29 is 4.90 Å². The van der Waals surface area contributed by atoms with Gasteiger partial charge in [-0.05, 0) is 25.3 Å². The van der Waals surface area contributed by atoms with Crippen LogP contribution in [0.5, 0.6) is 0 Å². The topological polar surface area (TPSA) is 28.2 Å². The van der Waals surface area contributed by atoms with Crippen molar-refractivity contribution in [2.45, 2.75) is 71.6 Å². The molecule has 0 aromatic carbocycles. The molecule has 1 unspecified atom stereocenters. The fraction of sp³-hybridized carbons (Fsp3) is 0.706. The van der Waals surface area contributed by atoms with Gasteiger partial charge in [0.15, 0.2) is 0 Å². The largest absolute Gasteiger partial charge is 0.512 e. The Hall–Kier alpha value is -1.07. The molecule has 0 bridgehead atoms. The van der Waals surface area contributed by atoms with Gasteiger partial charge in [-0.15, -0.1) is 0 Å². The lowest BCUT2D eigenvalue weighted by Gasteiger charge is -2.13. The van der Waals surface area contributed by atoms with E-state index in [1.807, 2.05) is 0 Å². The second kappa shape index (κ2) is 13.4. The van der Waals surface area contributed by atoms with Crippen molar-refractivity contribution >= 4 is 0 Å². The normalized spacial score (nSPS) is 16.8. The lowest BCUT2D eigenvalue weighted by molar-refractivity contribution is -0.804. The van der Waals surface area contributed by atoms with Crippen LogP contribution in [0.15, 0.2) is 24.0 Å². The predicted octanol–water partition coefficient (Wildman–Crippen LogP) is 3.93. The monoisotopic (exact) mass is 262 g/mol. The Morgan fingerprint density at radius 3 is 2.21 bits per heavy atom. The van der Waals surface area contributed by atoms with Gasteiger partial charge in [0.05, 0.1) is 12.7 Å². The molecule has 1 N–H and O–H groups in total. The first-order valence-electron chi connectivity index (χ1n) is 7.84. The number of unbranched alkanes of at least 4 members (excludes halogenated alkanes) is 6. The highest BCUT2D eigenvalue weighted by Crippen LogP contribution is 2.07. The molecule has 0 spiro atoms. The van der Waals surface area contributed by atoms with Crippen LogP contribution in [0.4, 0.5) is 0 Å². The van der Waals surface area contributed by atoms with Gasteiger partial charge in [-0.2, -0.15) is 0 Å². The first kappa shape index (κ1) is 17.9. The quantitative estimate of drug-likeness (QED) is 0.469. The van der Waals surface area contributed by atoms with Crippen LogP contribution in [-0.4, -0.2) is 6.54 Å². The smallest absolute Gasteiger partial charge is 0.112 e. The van der Waals surface area contributed by atoms with Crippen LogP contribution in [-0.2, 0) is 0 Å². The maximum atomic E-state index is 6.25. The van der Waals surface area contributed by atoms with Gasteiger partial charge in [-0.25, -0.2) is 0 Å². The lowest BCUT2D eigenvalue weighted by atomic mass is 10.1. The fourth-order valence-electron chi connectivity index (χ4n) is 2.52. The molecule has 1 rings (SSSR count). The summed E-state index contributed by atoms with van der Waals surface area (Å²) >= 11 is 0. The van der Waals surface area contributed by atoms with Crippen LogP contribution in [0.25, 0.3) is 0 Å². The van der Waals surface area contributed by atoms with Crippen molar-refractivity contribution in [3.05, 3.63) is 30.6 Å². The van der Waals surface area contributed by atoms with Gasteiger partial charge in [0.1, 0.15) is 5.70 Å². The first-order valence-corrected chi connectivity index (χ1v) is 7.84. The van der Waals surface area contributed by atoms with Crippen molar-refractivity contribution in [1.29, 1.82) is 5.26 Å². The Morgan fingerprint density at radius 2 is 1.58 bits per heavy atom. The second-order valence-electron chi connectivity index (χ2n) is 5.20. The standard InChI is InChI=1S/C16H29N.CN/c1-3-5-6-7-8-9-10-14-17-15-11-13-16(17)12-4-2;1-2/h11,13,15H,3-10,12,14H2,1-2H3;/q;-1/p+1. The second-order valence-corrected chi connectivity index (χ2v) is 5.20. The molecule has 0 aromatic heterocycles. The molecule has 0 aromatic rings. The molecule has 2 heteroatoms. The maximum absolute atomic E-state index is 6.25. The molecular weight excluding hydrogens is 232 g/mol. The summed E-state index contributed by atoms with van der Waals surface area (Å²) in [5.41, 5.74) is 1.60. The Bertz CT molecular complexity index is 276. The zero-order valence-corrected chi connectivity index (χ0v) is 12.8. The van der Waals surface area contributed by atoms with E-state index in [1.54, 1.807) is 10.6 Å². The third-order valence-corrected chi connectivity index (χ3v) is 3.58. The molecule has 0 aliphatic carbocycles. The minimum Gasteiger partial charge on any atom is -0.512 e. The van der Waals surface area contributed by atoms with Crippen molar-refractivity contribution in [2.75, 3.05) is 6.54 Å².